The van der Waals surface area contributed by atoms with Crippen LogP contribution in [0.2, 0.25) is 0 Å². The van der Waals surface area contributed by atoms with Gasteiger partial charge >= 0.3 is 5.97 Å². The van der Waals surface area contributed by atoms with Gasteiger partial charge in [-0.15, -0.1) is 0 Å². The number of rotatable bonds is 4. The van der Waals surface area contributed by atoms with Gasteiger partial charge in [0.1, 0.15) is 12.4 Å². The van der Waals surface area contributed by atoms with Gasteiger partial charge < -0.3 is 9.84 Å². The molecule has 1 heterocycles. The van der Waals surface area contributed by atoms with E-state index in [1.54, 1.807) is 19.2 Å². The molecule has 88 valence electrons. The highest BCUT2D eigenvalue weighted by Gasteiger charge is 2.11. The van der Waals surface area contributed by atoms with Crippen LogP contribution in [0, 0.1) is 5.92 Å². The number of ether oxygens (including phenoxy) is 1. The van der Waals surface area contributed by atoms with Gasteiger partial charge in [-0.25, -0.2) is 0 Å². The molecule has 1 aromatic carbocycles. The molecule has 4 nitrogen and oxygen atoms in total. The number of aromatic nitrogens is 1. The highest BCUT2D eigenvalue weighted by molar-refractivity contribution is 5.79. The Balaban J connectivity index is 2.12. The maximum atomic E-state index is 10.6. The highest BCUT2D eigenvalue weighted by atomic mass is 16.5. The summed E-state index contributed by atoms with van der Waals surface area (Å²) < 4.78 is 5.43. The van der Waals surface area contributed by atoms with Crippen LogP contribution in [0.5, 0.6) is 5.75 Å². The molecule has 0 aliphatic heterocycles. The first-order chi connectivity index (χ1) is 8.16. The molecule has 0 spiro atoms. The van der Waals surface area contributed by atoms with E-state index < -0.39 is 11.9 Å². The van der Waals surface area contributed by atoms with Crippen molar-refractivity contribution in [3.05, 3.63) is 36.5 Å². The van der Waals surface area contributed by atoms with Crippen LogP contribution in [0.1, 0.15) is 6.92 Å². The van der Waals surface area contributed by atoms with Crippen LogP contribution in [-0.4, -0.2) is 22.7 Å². The number of benzene rings is 1. The molecule has 4 heteroatoms. The number of nitrogens with zero attached hydrogens (tertiary/aromatic N) is 1. The molecule has 2 rings (SSSR count). The predicted molar refractivity (Wildman–Crippen MR) is 64.0 cm³/mol. The summed E-state index contributed by atoms with van der Waals surface area (Å²) in [5.41, 5.74) is 0.895. The molecule has 1 atom stereocenters. The first-order valence-electron chi connectivity index (χ1n) is 5.37. The summed E-state index contributed by atoms with van der Waals surface area (Å²) in [5, 5.41) is 9.72. The molecule has 0 saturated carbocycles. The fraction of sp³-hybridized carbons (Fsp3) is 0.231. The van der Waals surface area contributed by atoms with Gasteiger partial charge in [0.15, 0.2) is 0 Å². The molecular formula is C13H13NO3. The van der Waals surface area contributed by atoms with Crippen LogP contribution < -0.4 is 4.74 Å². The SMILES string of the molecule is CC(COc1ccc2ncccc2c1)C(=O)O. The summed E-state index contributed by atoms with van der Waals surface area (Å²) in [4.78, 5) is 14.8. The Bertz CT molecular complexity index is 539. The van der Waals surface area contributed by atoms with Crippen molar-refractivity contribution in [2.45, 2.75) is 6.92 Å². The summed E-state index contributed by atoms with van der Waals surface area (Å²) in [6, 6.07) is 9.30. The van der Waals surface area contributed by atoms with Gasteiger partial charge in [-0.05, 0) is 31.2 Å². The second-order valence-corrected chi connectivity index (χ2v) is 3.91. The van der Waals surface area contributed by atoms with Crippen molar-refractivity contribution in [2.24, 2.45) is 5.92 Å². The number of hydrogen-bond donors (Lipinski definition) is 1. The second-order valence-electron chi connectivity index (χ2n) is 3.91. The lowest BCUT2D eigenvalue weighted by Gasteiger charge is -2.09. The molecule has 0 aliphatic rings. The second kappa shape index (κ2) is 4.82. The number of carbonyl (C=O) groups is 1. The lowest BCUT2D eigenvalue weighted by molar-refractivity contribution is -0.142. The van der Waals surface area contributed by atoms with E-state index >= 15 is 0 Å². The van der Waals surface area contributed by atoms with Crippen LogP contribution in [0.4, 0.5) is 0 Å². The minimum atomic E-state index is -0.854. The average molecular weight is 231 g/mol. The van der Waals surface area contributed by atoms with Crippen LogP contribution in [-0.2, 0) is 4.79 Å². The van der Waals surface area contributed by atoms with Gasteiger partial charge in [0.25, 0.3) is 0 Å². The molecular weight excluding hydrogens is 218 g/mol. The first-order valence-corrected chi connectivity index (χ1v) is 5.37. The minimum absolute atomic E-state index is 0.168. The lowest BCUT2D eigenvalue weighted by atomic mass is 10.2. The van der Waals surface area contributed by atoms with Gasteiger partial charge in [-0.3, -0.25) is 9.78 Å². The van der Waals surface area contributed by atoms with Gasteiger partial charge in [0.05, 0.1) is 11.4 Å². The van der Waals surface area contributed by atoms with Crippen molar-refractivity contribution < 1.29 is 14.6 Å². The maximum absolute atomic E-state index is 10.6. The smallest absolute Gasteiger partial charge is 0.309 e. The average Bonchev–Trinajstić information content (AvgIpc) is 2.35. The number of hydrogen-bond acceptors (Lipinski definition) is 3. The van der Waals surface area contributed by atoms with Crippen LogP contribution in [0.15, 0.2) is 36.5 Å². The van der Waals surface area contributed by atoms with Crippen LogP contribution in [0.3, 0.4) is 0 Å². The van der Waals surface area contributed by atoms with Gasteiger partial charge in [0.2, 0.25) is 0 Å². The largest absolute Gasteiger partial charge is 0.493 e. The molecule has 0 radical (unpaired) electrons. The van der Waals surface area contributed by atoms with Gasteiger partial charge in [-0.1, -0.05) is 6.07 Å². The summed E-state index contributed by atoms with van der Waals surface area (Å²) in [7, 11) is 0. The van der Waals surface area contributed by atoms with E-state index in [0.717, 1.165) is 10.9 Å². The molecule has 2 aromatic rings. The number of pyridine rings is 1. The van der Waals surface area contributed by atoms with E-state index in [1.165, 1.54) is 0 Å². The fourth-order valence-electron chi connectivity index (χ4n) is 1.44. The molecule has 1 N–H and O–H groups in total. The zero-order valence-corrected chi connectivity index (χ0v) is 9.46. The van der Waals surface area contributed by atoms with Crippen LogP contribution >= 0.6 is 0 Å². The number of carboxylic acid groups (broad SMARTS) is 1. The maximum Gasteiger partial charge on any atom is 0.309 e. The zero-order valence-electron chi connectivity index (χ0n) is 9.46. The highest BCUT2D eigenvalue weighted by Crippen LogP contribution is 2.19. The van der Waals surface area contributed by atoms with E-state index in [2.05, 4.69) is 4.98 Å². The van der Waals surface area contributed by atoms with E-state index in [4.69, 9.17) is 9.84 Å². The van der Waals surface area contributed by atoms with Gasteiger partial charge in [-0.2, -0.15) is 0 Å². The molecule has 0 saturated heterocycles. The van der Waals surface area contributed by atoms with Crippen molar-refractivity contribution in [1.82, 2.24) is 4.98 Å². The topological polar surface area (TPSA) is 59.4 Å². The third-order valence-electron chi connectivity index (χ3n) is 2.50. The third-order valence-corrected chi connectivity index (χ3v) is 2.50. The molecule has 0 fully saturated rings. The Kier molecular flexibility index (Phi) is 3.23. The van der Waals surface area contributed by atoms with E-state index in [9.17, 15) is 4.79 Å². The van der Waals surface area contributed by atoms with E-state index in [0.29, 0.717) is 5.75 Å². The Morgan fingerprint density at radius 3 is 3.06 bits per heavy atom. The normalized spacial score (nSPS) is 12.3. The quantitative estimate of drug-likeness (QED) is 0.877. The van der Waals surface area contributed by atoms with Gasteiger partial charge in [0, 0.05) is 11.6 Å². The van der Waals surface area contributed by atoms with Crippen molar-refractivity contribution in [1.29, 1.82) is 0 Å². The van der Waals surface area contributed by atoms with Crippen LogP contribution in [0.25, 0.3) is 10.9 Å². The van der Waals surface area contributed by atoms with Crippen molar-refractivity contribution in [3.63, 3.8) is 0 Å². The van der Waals surface area contributed by atoms with Crippen molar-refractivity contribution in [3.8, 4) is 5.75 Å². The molecule has 0 aliphatic carbocycles. The van der Waals surface area contributed by atoms with Crippen molar-refractivity contribution >= 4 is 16.9 Å². The summed E-state index contributed by atoms with van der Waals surface area (Å²) in [6.07, 6.45) is 1.73. The summed E-state index contributed by atoms with van der Waals surface area (Å²) in [5.74, 6) is -0.703. The number of carboxylic acids is 1. The Hall–Kier alpha value is -2.10. The standard InChI is InChI=1S/C13H13NO3/c1-9(13(15)16)8-17-11-4-5-12-10(7-11)3-2-6-14-12/h2-7,9H,8H2,1H3,(H,15,16). The first kappa shape index (κ1) is 11.4. The zero-order chi connectivity index (χ0) is 12.3. The minimum Gasteiger partial charge on any atom is -0.493 e. The molecule has 0 amide bonds. The predicted octanol–water partition coefficient (Wildman–Crippen LogP) is 2.33. The Morgan fingerprint density at radius 1 is 1.47 bits per heavy atom. The summed E-state index contributed by atoms with van der Waals surface area (Å²) in [6.45, 7) is 1.78. The molecule has 0 bridgehead atoms. The lowest BCUT2D eigenvalue weighted by Crippen LogP contribution is -2.17. The molecule has 1 unspecified atom stereocenters. The van der Waals surface area contributed by atoms with Crippen molar-refractivity contribution in [2.75, 3.05) is 6.61 Å². The molecule has 1 aromatic heterocycles. The van der Waals surface area contributed by atoms with E-state index in [-0.39, 0.29) is 6.61 Å². The Morgan fingerprint density at radius 2 is 2.29 bits per heavy atom. The monoisotopic (exact) mass is 231 g/mol. The molecule has 17 heavy (non-hydrogen) atoms. The third kappa shape index (κ3) is 2.72. The fourth-order valence-corrected chi connectivity index (χ4v) is 1.44. The van der Waals surface area contributed by atoms with E-state index in [1.807, 2.05) is 24.3 Å². The summed E-state index contributed by atoms with van der Waals surface area (Å²) >= 11 is 0. The Labute approximate surface area is 98.9 Å². The number of fused-ring (bicyclic) bond motifs is 1. The number of aliphatic carboxylic acids is 1.